The summed E-state index contributed by atoms with van der Waals surface area (Å²) in [5, 5.41) is 3.57. The number of benzene rings is 1. The Kier molecular flexibility index (Phi) is 7.83. The second-order valence-corrected chi connectivity index (χ2v) is 10.4. The Morgan fingerprint density at radius 1 is 1.23 bits per heavy atom. The first-order valence-corrected chi connectivity index (χ1v) is 12.1. The van der Waals surface area contributed by atoms with E-state index in [1.54, 1.807) is 6.07 Å². The quantitative estimate of drug-likeness (QED) is 0.683. The Hall–Kier alpha value is -1.21. The fourth-order valence-electron chi connectivity index (χ4n) is 3.30. The SMILES string of the molecule is Cc1ccc(N(CC(=O)NCCSC2CCCCC2)S(C)(=O)=O)c(C)c1. The van der Waals surface area contributed by atoms with Gasteiger partial charge >= 0.3 is 0 Å². The lowest BCUT2D eigenvalue weighted by molar-refractivity contribution is -0.119. The van der Waals surface area contributed by atoms with Gasteiger partial charge in [-0.3, -0.25) is 9.10 Å². The first-order chi connectivity index (χ1) is 12.3. The molecule has 5 nitrogen and oxygen atoms in total. The van der Waals surface area contributed by atoms with Gasteiger partial charge in [0, 0.05) is 17.5 Å². The molecule has 26 heavy (non-hydrogen) atoms. The highest BCUT2D eigenvalue weighted by Crippen LogP contribution is 2.27. The average Bonchev–Trinajstić information content (AvgIpc) is 2.57. The molecule has 0 aromatic heterocycles. The minimum Gasteiger partial charge on any atom is -0.354 e. The van der Waals surface area contributed by atoms with Crippen molar-refractivity contribution < 1.29 is 13.2 Å². The van der Waals surface area contributed by atoms with Gasteiger partial charge < -0.3 is 5.32 Å². The van der Waals surface area contributed by atoms with Crippen LogP contribution < -0.4 is 9.62 Å². The van der Waals surface area contributed by atoms with Crippen molar-refractivity contribution in [1.82, 2.24) is 5.32 Å². The number of thioether (sulfide) groups is 1. The Morgan fingerprint density at radius 3 is 2.54 bits per heavy atom. The van der Waals surface area contributed by atoms with Crippen molar-refractivity contribution >= 4 is 33.4 Å². The summed E-state index contributed by atoms with van der Waals surface area (Å²) in [6.45, 7) is 4.21. The highest BCUT2D eigenvalue weighted by Gasteiger charge is 2.22. The molecule has 7 heteroatoms. The van der Waals surface area contributed by atoms with Gasteiger partial charge in [0.1, 0.15) is 6.54 Å². The van der Waals surface area contributed by atoms with E-state index in [4.69, 9.17) is 0 Å². The molecule has 0 unspecified atom stereocenters. The molecule has 1 aliphatic rings. The molecule has 146 valence electrons. The summed E-state index contributed by atoms with van der Waals surface area (Å²) < 4.78 is 25.6. The number of sulfonamides is 1. The van der Waals surface area contributed by atoms with E-state index in [-0.39, 0.29) is 12.5 Å². The molecule has 0 atom stereocenters. The summed E-state index contributed by atoms with van der Waals surface area (Å²) in [5.41, 5.74) is 2.46. The number of amides is 1. The van der Waals surface area contributed by atoms with E-state index in [2.05, 4.69) is 5.32 Å². The molecule has 1 aromatic rings. The predicted molar refractivity (Wildman–Crippen MR) is 110 cm³/mol. The summed E-state index contributed by atoms with van der Waals surface area (Å²) >= 11 is 1.92. The molecule has 1 N–H and O–H groups in total. The molecule has 1 amide bonds. The van der Waals surface area contributed by atoms with Crippen LogP contribution in [0.4, 0.5) is 5.69 Å². The highest BCUT2D eigenvalue weighted by atomic mass is 32.2. The molecule has 1 saturated carbocycles. The number of nitrogens with one attached hydrogen (secondary N) is 1. The van der Waals surface area contributed by atoms with E-state index in [9.17, 15) is 13.2 Å². The maximum Gasteiger partial charge on any atom is 0.240 e. The molecule has 2 rings (SSSR count). The Balaban J connectivity index is 1.88. The van der Waals surface area contributed by atoms with Gasteiger partial charge in [-0.25, -0.2) is 8.42 Å². The van der Waals surface area contributed by atoms with Crippen LogP contribution in [0.3, 0.4) is 0 Å². The van der Waals surface area contributed by atoms with Crippen LogP contribution in [-0.2, 0) is 14.8 Å². The molecule has 0 heterocycles. The van der Waals surface area contributed by atoms with Crippen LogP contribution in [0.2, 0.25) is 0 Å². The topological polar surface area (TPSA) is 66.5 Å². The number of carbonyl (C=O) groups is 1. The van der Waals surface area contributed by atoms with Crippen LogP contribution in [0.25, 0.3) is 0 Å². The van der Waals surface area contributed by atoms with E-state index in [0.717, 1.165) is 23.1 Å². The van der Waals surface area contributed by atoms with E-state index in [0.29, 0.717) is 17.5 Å². The van der Waals surface area contributed by atoms with Gasteiger partial charge in [-0.2, -0.15) is 11.8 Å². The molecule has 1 aliphatic carbocycles. The molecular formula is C19H30N2O3S2. The van der Waals surface area contributed by atoms with Gasteiger partial charge in [0.25, 0.3) is 0 Å². The lowest BCUT2D eigenvalue weighted by atomic mass is 10.0. The largest absolute Gasteiger partial charge is 0.354 e. The summed E-state index contributed by atoms with van der Waals surface area (Å²) in [6.07, 6.45) is 7.64. The zero-order valence-electron chi connectivity index (χ0n) is 16.0. The van der Waals surface area contributed by atoms with Crippen molar-refractivity contribution in [1.29, 1.82) is 0 Å². The zero-order valence-corrected chi connectivity index (χ0v) is 17.6. The fourth-order valence-corrected chi connectivity index (χ4v) is 5.43. The minimum atomic E-state index is -3.53. The number of rotatable bonds is 8. The number of hydrogen-bond acceptors (Lipinski definition) is 4. The number of carbonyl (C=O) groups excluding carboxylic acids is 1. The van der Waals surface area contributed by atoms with E-state index in [1.165, 1.54) is 36.4 Å². The lowest BCUT2D eigenvalue weighted by Crippen LogP contribution is -2.41. The number of aryl methyl sites for hydroxylation is 2. The van der Waals surface area contributed by atoms with Gasteiger partial charge in [-0.1, -0.05) is 37.0 Å². The highest BCUT2D eigenvalue weighted by molar-refractivity contribution is 7.99. The molecule has 0 bridgehead atoms. The van der Waals surface area contributed by atoms with Crippen LogP contribution in [-0.4, -0.2) is 44.7 Å². The third-order valence-electron chi connectivity index (χ3n) is 4.64. The fraction of sp³-hybridized carbons (Fsp3) is 0.632. The summed E-state index contributed by atoms with van der Waals surface area (Å²) in [5.74, 6) is 0.610. The predicted octanol–water partition coefficient (Wildman–Crippen LogP) is 3.25. The third-order valence-corrected chi connectivity index (χ3v) is 7.15. The molecule has 0 aliphatic heterocycles. The number of anilines is 1. The number of hydrogen-bond donors (Lipinski definition) is 1. The molecule has 0 saturated heterocycles. The van der Waals surface area contributed by atoms with Crippen LogP contribution >= 0.6 is 11.8 Å². The standard InChI is InChI=1S/C19H30N2O3S2/c1-15-9-10-18(16(2)13-15)21(26(3,23)24)14-19(22)20-11-12-25-17-7-5-4-6-8-17/h9-10,13,17H,4-8,11-12,14H2,1-3H3,(H,20,22). The van der Waals surface area contributed by atoms with Crippen molar-refractivity contribution in [2.24, 2.45) is 0 Å². The van der Waals surface area contributed by atoms with Crippen LogP contribution in [0, 0.1) is 13.8 Å². The normalized spacial score (nSPS) is 15.7. The second kappa shape index (κ2) is 9.65. The maximum absolute atomic E-state index is 12.3. The summed E-state index contributed by atoms with van der Waals surface area (Å²) in [4.78, 5) is 12.3. The van der Waals surface area contributed by atoms with Crippen LogP contribution in [0.1, 0.15) is 43.2 Å². The number of nitrogens with zero attached hydrogens (tertiary/aromatic N) is 1. The van der Waals surface area contributed by atoms with Gasteiger partial charge in [0.2, 0.25) is 15.9 Å². The molecule has 0 spiro atoms. The van der Waals surface area contributed by atoms with E-state index in [1.807, 2.05) is 37.7 Å². The molecular weight excluding hydrogens is 368 g/mol. The second-order valence-electron chi connectivity index (χ2n) is 7.04. The van der Waals surface area contributed by atoms with Crippen molar-refractivity contribution in [3.05, 3.63) is 29.3 Å². The lowest BCUT2D eigenvalue weighted by Gasteiger charge is -2.24. The summed E-state index contributed by atoms with van der Waals surface area (Å²) in [6, 6.07) is 5.55. The Morgan fingerprint density at radius 2 is 1.92 bits per heavy atom. The summed E-state index contributed by atoms with van der Waals surface area (Å²) in [7, 11) is -3.53. The van der Waals surface area contributed by atoms with Gasteiger partial charge in [0.05, 0.1) is 11.9 Å². The first-order valence-electron chi connectivity index (χ1n) is 9.20. The van der Waals surface area contributed by atoms with Crippen LogP contribution in [0.5, 0.6) is 0 Å². The molecule has 1 aromatic carbocycles. The van der Waals surface area contributed by atoms with Crippen molar-refractivity contribution in [2.45, 2.75) is 51.2 Å². The van der Waals surface area contributed by atoms with Crippen molar-refractivity contribution in [2.75, 3.05) is 29.4 Å². The zero-order chi connectivity index (χ0) is 19.2. The van der Waals surface area contributed by atoms with Crippen LogP contribution in [0.15, 0.2) is 18.2 Å². The first kappa shape index (κ1) is 21.1. The molecule has 1 fully saturated rings. The smallest absolute Gasteiger partial charge is 0.240 e. The third kappa shape index (κ3) is 6.50. The molecule has 0 radical (unpaired) electrons. The van der Waals surface area contributed by atoms with Crippen molar-refractivity contribution in [3.63, 3.8) is 0 Å². The monoisotopic (exact) mass is 398 g/mol. The van der Waals surface area contributed by atoms with E-state index >= 15 is 0 Å². The van der Waals surface area contributed by atoms with Gasteiger partial charge in [-0.05, 0) is 38.3 Å². The maximum atomic E-state index is 12.3. The van der Waals surface area contributed by atoms with Gasteiger partial charge in [0.15, 0.2) is 0 Å². The van der Waals surface area contributed by atoms with E-state index < -0.39 is 10.0 Å². The Bertz CT molecular complexity index is 713. The van der Waals surface area contributed by atoms with Crippen molar-refractivity contribution in [3.8, 4) is 0 Å². The van der Waals surface area contributed by atoms with Gasteiger partial charge in [-0.15, -0.1) is 0 Å². The Labute approximate surface area is 162 Å². The minimum absolute atomic E-state index is 0.184. The average molecular weight is 399 g/mol.